The molecule has 2 rings (SSSR count). The van der Waals surface area contributed by atoms with E-state index in [0.717, 1.165) is 5.01 Å². The van der Waals surface area contributed by atoms with E-state index in [-0.39, 0.29) is 12.3 Å². The lowest BCUT2D eigenvalue weighted by Crippen LogP contribution is -2.39. The first-order valence-corrected chi connectivity index (χ1v) is 6.58. The fourth-order valence-electron chi connectivity index (χ4n) is 2.45. The second-order valence-corrected chi connectivity index (χ2v) is 5.18. The Bertz CT molecular complexity index is 584. The summed E-state index contributed by atoms with van der Waals surface area (Å²) in [5, 5.41) is 24.7. The van der Waals surface area contributed by atoms with Crippen LogP contribution in [0.5, 0.6) is 5.75 Å². The molecule has 0 aromatic heterocycles. The average Bonchev–Trinajstić information content (AvgIpc) is 2.69. The molecule has 1 N–H and O–H groups in total. The second kappa shape index (κ2) is 5.86. The van der Waals surface area contributed by atoms with Crippen molar-refractivity contribution in [2.24, 2.45) is 11.0 Å². The summed E-state index contributed by atoms with van der Waals surface area (Å²) >= 11 is 0. The summed E-state index contributed by atoms with van der Waals surface area (Å²) in [5.41, 5.74) is -0.377. The molecule has 0 unspecified atom stereocenters. The van der Waals surface area contributed by atoms with Crippen molar-refractivity contribution in [1.29, 1.82) is 0 Å². The lowest BCUT2D eigenvalue weighted by Gasteiger charge is -2.27. The van der Waals surface area contributed by atoms with Gasteiger partial charge in [0.2, 0.25) is 0 Å². The number of hydrogen-bond donors (Lipinski definition) is 1. The third kappa shape index (κ3) is 3.49. The van der Waals surface area contributed by atoms with Gasteiger partial charge in [0.1, 0.15) is 11.5 Å². The zero-order valence-electron chi connectivity index (χ0n) is 11.7. The van der Waals surface area contributed by atoms with Gasteiger partial charge in [-0.1, -0.05) is 19.1 Å². The minimum atomic E-state index is -4.60. The molecule has 0 radical (unpaired) electrons. The first-order chi connectivity index (χ1) is 10.2. The van der Waals surface area contributed by atoms with Crippen molar-refractivity contribution in [1.82, 2.24) is 5.01 Å². The Kier molecular flexibility index (Phi) is 4.30. The first-order valence-electron chi connectivity index (χ1n) is 6.58. The lowest BCUT2D eigenvalue weighted by molar-refractivity contribution is -0.307. The van der Waals surface area contributed by atoms with Gasteiger partial charge in [-0.15, -0.1) is 0 Å². The summed E-state index contributed by atoms with van der Waals surface area (Å²) in [7, 11) is 0. The summed E-state index contributed by atoms with van der Waals surface area (Å²) in [6.45, 7) is 1.32. The summed E-state index contributed by atoms with van der Waals surface area (Å²) in [6.07, 6.45) is -5.14. The largest absolute Gasteiger partial charge is 0.550 e. The topological polar surface area (TPSA) is 76.0 Å². The van der Waals surface area contributed by atoms with E-state index in [1.165, 1.54) is 31.2 Å². The van der Waals surface area contributed by atoms with Crippen LogP contribution >= 0.6 is 0 Å². The Labute approximate surface area is 124 Å². The Hall–Kier alpha value is -2.25. The number of phenolic OH excluding ortho intramolecular Hbond substituents is 1. The van der Waals surface area contributed by atoms with Gasteiger partial charge in [0, 0.05) is 18.3 Å². The third-order valence-corrected chi connectivity index (χ3v) is 3.57. The number of carbonyl (C=O) groups excluding carboxylic acids is 1. The number of hydrogen-bond acceptors (Lipinski definition) is 5. The highest BCUT2D eigenvalue weighted by molar-refractivity contribution is 5.93. The van der Waals surface area contributed by atoms with Crippen LogP contribution in [0.4, 0.5) is 13.2 Å². The summed E-state index contributed by atoms with van der Waals surface area (Å²) < 4.78 is 38.8. The Morgan fingerprint density at radius 1 is 1.36 bits per heavy atom. The number of alkyl halides is 3. The number of benzene rings is 1. The van der Waals surface area contributed by atoms with Crippen LogP contribution in [0.1, 0.15) is 18.9 Å². The maximum absolute atomic E-state index is 12.9. The SMILES string of the molecule is C[C@@H]1C(C(F)(F)F)=NN(Cc2ccc(O)cc2)[C@H]1CC(=O)[O-]. The predicted molar refractivity (Wildman–Crippen MR) is 69.7 cm³/mol. The van der Waals surface area contributed by atoms with Crippen LogP contribution in [0.3, 0.4) is 0 Å². The number of aromatic hydroxyl groups is 1. The van der Waals surface area contributed by atoms with Crippen LogP contribution in [-0.4, -0.2) is 34.0 Å². The molecule has 1 aliphatic rings. The number of phenols is 1. The highest BCUT2D eigenvalue weighted by Crippen LogP contribution is 2.34. The molecular weight excluding hydrogens is 301 g/mol. The molecule has 2 atom stereocenters. The molecule has 1 heterocycles. The van der Waals surface area contributed by atoms with Crippen molar-refractivity contribution >= 4 is 11.7 Å². The standard InChI is InChI=1S/C14H15F3N2O3/c1-8-11(6-12(21)22)19(18-13(8)14(15,16)17)7-9-2-4-10(20)5-3-9/h2-5,8,11,20H,6-7H2,1H3,(H,21,22)/p-1/t8-,11-/m0/s1. The number of aliphatic carboxylic acids is 1. The van der Waals surface area contributed by atoms with Gasteiger partial charge in [0.25, 0.3) is 0 Å². The highest BCUT2D eigenvalue weighted by Gasteiger charge is 2.47. The molecule has 0 spiro atoms. The molecule has 1 aliphatic heterocycles. The fourth-order valence-corrected chi connectivity index (χ4v) is 2.45. The predicted octanol–water partition coefficient (Wildman–Crippen LogP) is 1.27. The van der Waals surface area contributed by atoms with E-state index in [4.69, 9.17) is 0 Å². The first kappa shape index (κ1) is 16.1. The Balaban J connectivity index is 2.25. The number of halogens is 3. The minimum absolute atomic E-state index is 0.0160. The summed E-state index contributed by atoms with van der Waals surface area (Å²) in [4.78, 5) is 10.8. The Morgan fingerprint density at radius 2 is 1.95 bits per heavy atom. The van der Waals surface area contributed by atoms with E-state index >= 15 is 0 Å². The zero-order valence-corrected chi connectivity index (χ0v) is 11.7. The molecule has 0 amide bonds. The van der Waals surface area contributed by atoms with E-state index in [1.807, 2.05) is 0 Å². The molecule has 0 saturated heterocycles. The van der Waals surface area contributed by atoms with Crippen molar-refractivity contribution in [3.8, 4) is 5.75 Å². The number of carbonyl (C=O) groups is 1. The van der Waals surface area contributed by atoms with Gasteiger partial charge in [-0.2, -0.15) is 18.3 Å². The fraction of sp³-hybridized carbons (Fsp3) is 0.429. The number of hydrazone groups is 1. The van der Waals surface area contributed by atoms with Gasteiger partial charge in [-0.3, -0.25) is 5.01 Å². The summed E-state index contributed by atoms with van der Waals surface area (Å²) in [5.74, 6) is -2.45. The summed E-state index contributed by atoms with van der Waals surface area (Å²) in [6, 6.07) is 4.96. The van der Waals surface area contributed by atoms with Gasteiger partial charge < -0.3 is 15.0 Å². The molecule has 0 bridgehead atoms. The highest BCUT2D eigenvalue weighted by atomic mass is 19.4. The third-order valence-electron chi connectivity index (χ3n) is 3.57. The van der Waals surface area contributed by atoms with Gasteiger partial charge in [-0.05, 0) is 17.7 Å². The van der Waals surface area contributed by atoms with E-state index < -0.39 is 36.2 Å². The monoisotopic (exact) mass is 315 g/mol. The molecule has 1 aromatic carbocycles. The van der Waals surface area contributed by atoms with Crippen LogP contribution < -0.4 is 5.11 Å². The molecule has 22 heavy (non-hydrogen) atoms. The van der Waals surface area contributed by atoms with E-state index in [1.54, 1.807) is 0 Å². The van der Waals surface area contributed by atoms with Crippen LogP contribution in [0.25, 0.3) is 0 Å². The molecule has 0 aliphatic carbocycles. The average molecular weight is 315 g/mol. The molecular formula is C14H14F3N2O3-. The maximum atomic E-state index is 12.9. The number of nitrogens with zero attached hydrogens (tertiary/aromatic N) is 2. The van der Waals surface area contributed by atoms with Crippen molar-refractivity contribution in [3.05, 3.63) is 29.8 Å². The maximum Gasteiger partial charge on any atom is 0.431 e. The number of rotatable bonds is 4. The second-order valence-electron chi connectivity index (χ2n) is 5.18. The smallest absolute Gasteiger partial charge is 0.431 e. The quantitative estimate of drug-likeness (QED) is 0.908. The molecule has 8 heteroatoms. The van der Waals surface area contributed by atoms with Crippen LogP contribution in [0.15, 0.2) is 29.4 Å². The van der Waals surface area contributed by atoms with Gasteiger partial charge in [-0.25, -0.2) is 0 Å². The van der Waals surface area contributed by atoms with E-state index in [9.17, 15) is 28.2 Å². The van der Waals surface area contributed by atoms with E-state index in [0.29, 0.717) is 5.56 Å². The van der Waals surface area contributed by atoms with Gasteiger partial charge in [0.05, 0.1) is 12.6 Å². The molecule has 0 saturated carbocycles. The molecule has 5 nitrogen and oxygen atoms in total. The molecule has 1 aromatic rings. The van der Waals surface area contributed by atoms with Crippen molar-refractivity contribution in [2.45, 2.75) is 32.1 Å². The van der Waals surface area contributed by atoms with Gasteiger partial charge in [0.15, 0.2) is 0 Å². The normalized spacial score (nSPS) is 21.8. The van der Waals surface area contributed by atoms with Crippen LogP contribution in [-0.2, 0) is 11.3 Å². The van der Waals surface area contributed by atoms with Gasteiger partial charge >= 0.3 is 6.18 Å². The van der Waals surface area contributed by atoms with Crippen molar-refractivity contribution < 1.29 is 28.2 Å². The lowest BCUT2D eigenvalue weighted by atomic mass is 9.94. The van der Waals surface area contributed by atoms with Crippen molar-refractivity contribution in [2.75, 3.05) is 0 Å². The minimum Gasteiger partial charge on any atom is -0.550 e. The number of carboxylic acid groups (broad SMARTS) is 1. The molecule has 120 valence electrons. The Morgan fingerprint density at radius 3 is 2.45 bits per heavy atom. The van der Waals surface area contributed by atoms with E-state index in [2.05, 4.69) is 5.10 Å². The zero-order chi connectivity index (χ0) is 16.5. The molecule has 0 fully saturated rings. The van der Waals surface area contributed by atoms with Crippen LogP contribution in [0, 0.1) is 5.92 Å². The number of carboxylic acids is 1. The van der Waals surface area contributed by atoms with Crippen LogP contribution in [0.2, 0.25) is 0 Å². The van der Waals surface area contributed by atoms with Crippen molar-refractivity contribution in [3.63, 3.8) is 0 Å².